The largest absolute Gasteiger partial charge is 0.364 e. The number of anilines is 1. The monoisotopic (exact) mass is 454 g/mol. The molecule has 2 N–H and O–H groups in total. The highest BCUT2D eigenvalue weighted by atomic mass is 19.1. The molecular weight excluding hydrogens is 430 g/mol. The fourth-order valence-corrected chi connectivity index (χ4v) is 3.99. The molecule has 0 bridgehead atoms. The highest BCUT2D eigenvalue weighted by molar-refractivity contribution is 5.98. The van der Waals surface area contributed by atoms with Crippen LogP contribution in [0.4, 0.5) is 14.5 Å². The summed E-state index contributed by atoms with van der Waals surface area (Å²) in [6.45, 7) is 5.43. The van der Waals surface area contributed by atoms with E-state index >= 15 is 8.78 Å². The van der Waals surface area contributed by atoms with Crippen molar-refractivity contribution in [2.45, 2.75) is 26.4 Å². The summed E-state index contributed by atoms with van der Waals surface area (Å²) in [5, 5.41) is 6.88. The molecule has 172 valence electrons. The predicted octanol–water partition coefficient (Wildman–Crippen LogP) is 2.26. The molecule has 0 radical (unpaired) electrons. The standard InChI is InChI=1S/C23H24F2N6O2/c1-3-30-13-17(23(33)29-28-11-15-5-4-6-26-10-15)22(32)16-9-18(24)21(19(25)20(16)30)31-8-7-27-14(2)12-31/h4-6,9-11,13-14,27H,3,7-8,12H2,1-2H3,(H,29,33)/b28-11+. The number of nitrogens with one attached hydrogen (secondary N) is 2. The van der Waals surface area contributed by atoms with E-state index in [9.17, 15) is 9.59 Å². The van der Waals surface area contributed by atoms with Gasteiger partial charge in [0.15, 0.2) is 5.82 Å². The third-order valence-electron chi connectivity index (χ3n) is 5.56. The van der Waals surface area contributed by atoms with Crippen molar-refractivity contribution < 1.29 is 13.6 Å². The lowest BCUT2D eigenvalue weighted by Crippen LogP contribution is -2.49. The van der Waals surface area contributed by atoms with Gasteiger partial charge in [0.05, 0.1) is 17.1 Å². The average molecular weight is 454 g/mol. The lowest BCUT2D eigenvalue weighted by molar-refractivity contribution is 0.0953. The predicted molar refractivity (Wildman–Crippen MR) is 123 cm³/mol. The molecule has 1 atom stereocenters. The third-order valence-corrected chi connectivity index (χ3v) is 5.56. The molecule has 0 spiro atoms. The molecule has 0 aliphatic carbocycles. The quantitative estimate of drug-likeness (QED) is 0.456. The number of pyridine rings is 2. The summed E-state index contributed by atoms with van der Waals surface area (Å²) in [6, 6.07) is 4.54. The fraction of sp³-hybridized carbons (Fsp3) is 0.304. The number of aromatic nitrogens is 2. The zero-order valence-electron chi connectivity index (χ0n) is 18.3. The van der Waals surface area contributed by atoms with Crippen molar-refractivity contribution in [3.63, 3.8) is 0 Å². The molecule has 1 unspecified atom stereocenters. The van der Waals surface area contributed by atoms with Crippen LogP contribution in [0.5, 0.6) is 0 Å². The molecule has 1 aliphatic rings. The number of benzene rings is 1. The fourth-order valence-electron chi connectivity index (χ4n) is 3.99. The molecule has 8 nitrogen and oxygen atoms in total. The van der Waals surface area contributed by atoms with Gasteiger partial charge in [-0.2, -0.15) is 5.10 Å². The van der Waals surface area contributed by atoms with Crippen LogP contribution in [0.1, 0.15) is 29.8 Å². The number of hydrogen-bond acceptors (Lipinski definition) is 6. The van der Waals surface area contributed by atoms with Gasteiger partial charge in [0.2, 0.25) is 5.43 Å². The molecule has 3 aromatic rings. The zero-order valence-corrected chi connectivity index (χ0v) is 18.3. The van der Waals surface area contributed by atoms with Crippen molar-refractivity contribution in [1.29, 1.82) is 0 Å². The normalized spacial score (nSPS) is 16.5. The molecule has 1 amide bonds. The number of fused-ring (bicyclic) bond motifs is 1. The van der Waals surface area contributed by atoms with E-state index in [1.54, 1.807) is 36.4 Å². The van der Waals surface area contributed by atoms with Gasteiger partial charge < -0.3 is 14.8 Å². The molecule has 10 heteroatoms. The maximum atomic E-state index is 15.6. The Morgan fingerprint density at radius 3 is 2.94 bits per heavy atom. The van der Waals surface area contributed by atoms with E-state index < -0.39 is 23.0 Å². The van der Waals surface area contributed by atoms with E-state index in [1.165, 1.54) is 17.0 Å². The van der Waals surface area contributed by atoms with Crippen molar-refractivity contribution in [2.24, 2.45) is 5.10 Å². The second-order valence-electron chi connectivity index (χ2n) is 7.86. The number of hydrogen-bond donors (Lipinski definition) is 2. The lowest BCUT2D eigenvalue weighted by Gasteiger charge is -2.34. The summed E-state index contributed by atoms with van der Waals surface area (Å²) >= 11 is 0. The highest BCUT2D eigenvalue weighted by Crippen LogP contribution is 2.30. The van der Waals surface area contributed by atoms with Gasteiger partial charge in [0, 0.05) is 56.4 Å². The Morgan fingerprint density at radius 1 is 1.42 bits per heavy atom. The summed E-state index contributed by atoms with van der Waals surface area (Å²) in [6.07, 6.45) is 5.82. The maximum absolute atomic E-state index is 15.6. The smallest absolute Gasteiger partial charge is 0.276 e. The van der Waals surface area contributed by atoms with Gasteiger partial charge in [-0.05, 0) is 26.0 Å². The summed E-state index contributed by atoms with van der Waals surface area (Å²) < 4.78 is 32.1. The van der Waals surface area contributed by atoms with Gasteiger partial charge in [-0.3, -0.25) is 14.6 Å². The van der Waals surface area contributed by atoms with Crippen LogP contribution in [-0.4, -0.2) is 47.3 Å². The van der Waals surface area contributed by atoms with Crippen molar-refractivity contribution >= 4 is 28.7 Å². The Hall–Kier alpha value is -3.66. The number of halogens is 2. The van der Waals surface area contributed by atoms with Gasteiger partial charge in [-0.1, -0.05) is 6.07 Å². The van der Waals surface area contributed by atoms with E-state index in [2.05, 4.69) is 20.8 Å². The molecule has 4 rings (SSSR count). The molecule has 0 saturated carbocycles. The molecule has 3 heterocycles. The van der Waals surface area contributed by atoms with E-state index in [-0.39, 0.29) is 34.7 Å². The first kappa shape index (κ1) is 22.5. The van der Waals surface area contributed by atoms with Crippen LogP contribution in [-0.2, 0) is 6.54 Å². The Bertz CT molecular complexity index is 1280. The molecule has 1 saturated heterocycles. The van der Waals surface area contributed by atoms with Crippen molar-refractivity contribution in [1.82, 2.24) is 20.3 Å². The molecule has 2 aromatic heterocycles. The summed E-state index contributed by atoms with van der Waals surface area (Å²) in [5.74, 6) is -2.41. The van der Waals surface area contributed by atoms with Gasteiger partial charge >= 0.3 is 0 Å². The minimum Gasteiger partial charge on any atom is -0.364 e. The number of piperazine rings is 1. The number of carbonyl (C=O) groups excluding carboxylic acids is 1. The maximum Gasteiger partial charge on any atom is 0.276 e. The number of amides is 1. The first-order valence-corrected chi connectivity index (χ1v) is 10.7. The molecular formula is C23H24F2N6O2. The van der Waals surface area contributed by atoms with Gasteiger partial charge in [-0.25, -0.2) is 14.2 Å². The Balaban J connectivity index is 1.74. The van der Waals surface area contributed by atoms with E-state index in [0.29, 0.717) is 25.2 Å². The van der Waals surface area contributed by atoms with E-state index in [1.807, 2.05) is 6.92 Å². The van der Waals surface area contributed by atoms with Crippen LogP contribution < -0.4 is 21.1 Å². The van der Waals surface area contributed by atoms with Gasteiger partial charge in [0.25, 0.3) is 5.91 Å². The SMILES string of the molecule is CCn1cc(C(=O)N/N=C/c2cccnc2)c(=O)c2cc(F)c(N3CCNC(C)C3)c(F)c21. The van der Waals surface area contributed by atoms with Crippen LogP contribution in [0.2, 0.25) is 0 Å². The second-order valence-corrected chi connectivity index (χ2v) is 7.86. The summed E-state index contributed by atoms with van der Waals surface area (Å²) in [4.78, 5) is 31.2. The minimum atomic E-state index is -0.832. The number of aryl methyl sites for hydroxylation is 1. The molecule has 1 aromatic carbocycles. The first-order valence-electron chi connectivity index (χ1n) is 10.7. The number of carbonyl (C=O) groups is 1. The van der Waals surface area contributed by atoms with Gasteiger partial charge in [-0.15, -0.1) is 0 Å². The van der Waals surface area contributed by atoms with E-state index in [0.717, 1.165) is 6.07 Å². The second kappa shape index (κ2) is 9.45. The van der Waals surface area contributed by atoms with Crippen LogP contribution in [0.3, 0.4) is 0 Å². The van der Waals surface area contributed by atoms with Crippen LogP contribution in [0.15, 0.2) is 46.7 Å². The molecule has 33 heavy (non-hydrogen) atoms. The molecule has 1 fully saturated rings. The summed E-state index contributed by atoms with van der Waals surface area (Å²) in [5.41, 5.74) is 1.74. The third kappa shape index (κ3) is 4.47. The van der Waals surface area contributed by atoms with Crippen molar-refractivity contribution in [3.05, 3.63) is 69.8 Å². The number of rotatable bonds is 5. The number of nitrogens with zero attached hydrogens (tertiary/aromatic N) is 4. The average Bonchev–Trinajstić information content (AvgIpc) is 2.80. The van der Waals surface area contributed by atoms with Crippen molar-refractivity contribution in [2.75, 3.05) is 24.5 Å². The van der Waals surface area contributed by atoms with Crippen LogP contribution >= 0.6 is 0 Å². The molecule has 1 aliphatic heterocycles. The number of hydrazone groups is 1. The van der Waals surface area contributed by atoms with Crippen LogP contribution in [0, 0.1) is 11.6 Å². The highest BCUT2D eigenvalue weighted by Gasteiger charge is 2.27. The lowest BCUT2D eigenvalue weighted by atomic mass is 10.1. The Kier molecular flexibility index (Phi) is 6.45. The zero-order chi connectivity index (χ0) is 23.5. The van der Waals surface area contributed by atoms with Crippen molar-refractivity contribution in [3.8, 4) is 0 Å². The van der Waals surface area contributed by atoms with Crippen LogP contribution in [0.25, 0.3) is 10.9 Å². The minimum absolute atomic E-state index is 0.0273. The first-order chi connectivity index (χ1) is 15.9. The van der Waals surface area contributed by atoms with Gasteiger partial charge in [0.1, 0.15) is 17.1 Å². The Labute approximate surface area is 188 Å². The Morgan fingerprint density at radius 2 is 2.24 bits per heavy atom. The van der Waals surface area contributed by atoms with E-state index in [4.69, 9.17) is 0 Å². The summed E-state index contributed by atoms with van der Waals surface area (Å²) in [7, 11) is 0. The topological polar surface area (TPSA) is 91.6 Å².